The monoisotopic (exact) mass is 238 g/mol. The topological polar surface area (TPSA) is 60.9 Å². The van der Waals surface area contributed by atoms with Crippen molar-refractivity contribution in [1.29, 1.82) is 0 Å². The molecule has 1 fully saturated rings. The number of nitrogens with zero attached hydrogens (tertiary/aromatic N) is 2. The Morgan fingerprint density at radius 3 is 2.53 bits per heavy atom. The molecular formula is C12H18N2O3. The van der Waals surface area contributed by atoms with Gasteiger partial charge in [-0.15, -0.1) is 6.42 Å². The second kappa shape index (κ2) is 6.14. The van der Waals surface area contributed by atoms with E-state index in [4.69, 9.17) is 11.5 Å². The molecule has 5 nitrogen and oxygen atoms in total. The van der Waals surface area contributed by atoms with E-state index in [-0.39, 0.29) is 25.2 Å². The van der Waals surface area contributed by atoms with Crippen LogP contribution in [0.3, 0.4) is 0 Å². The molecule has 0 unspecified atom stereocenters. The van der Waals surface area contributed by atoms with Crippen LogP contribution in [0.5, 0.6) is 0 Å². The van der Waals surface area contributed by atoms with E-state index in [2.05, 4.69) is 5.92 Å². The molecule has 2 amide bonds. The zero-order valence-electron chi connectivity index (χ0n) is 10.1. The normalized spacial score (nSPS) is 13.9. The van der Waals surface area contributed by atoms with E-state index in [9.17, 15) is 9.59 Å². The first-order valence-electron chi connectivity index (χ1n) is 5.81. The number of hydrogen-bond acceptors (Lipinski definition) is 2. The summed E-state index contributed by atoms with van der Waals surface area (Å²) in [5, 5.41) is 8.80. The number of carboxylic acid groups (broad SMARTS) is 1. The van der Waals surface area contributed by atoms with E-state index in [1.165, 1.54) is 9.80 Å². The SMILES string of the molecule is C#CCN(CCC)C(=O)N(CC(=O)O)C1CC1. The van der Waals surface area contributed by atoms with Gasteiger partial charge in [0.05, 0.1) is 6.54 Å². The van der Waals surface area contributed by atoms with Crippen LogP contribution < -0.4 is 0 Å². The second-order valence-electron chi connectivity index (χ2n) is 4.16. The Hall–Kier alpha value is -1.70. The van der Waals surface area contributed by atoms with E-state index in [0.29, 0.717) is 6.54 Å². The fourth-order valence-electron chi connectivity index (χ4n) is 1.69. The number of rotatable bonds is 6. The van der Waals surface area contributed by atoms with Crippen molar-refractivity contribution in [2.24, 2.45) is 0 Å². The van der Waals surface area contributed by atoms with Crippen LogP contribution in [-0.2, 0) is 4.79 Å². The summed E-state index contributed by atoms with van der Waals surface area (Å²) < 4.78 is 0. The maximum absolute atomic E-state index is 12.1. The van der Waals surface area contributed by atoms with Crippen LogP contribution >= 0.6 is 0 Å². The molecule has 0 atom stereocenters. The molecular weight excluding hydrogens is 220 g/mol. The Morgan fingerprint density at radius 1 is 1.47 bits per heavy atom. The number of terminal acetylenes is 1. The van der Waals surface area contributed by atoms with Crippen LogP contribution in [0.2, 0.25) is 0 Å². The van der Waals surface area contributed by atoms with Gasteiger partial charge in [-0.25, -0.2) is 4.79 Å². The molecule has 0 heterocycles. The van der Waals surface area contributed by atoms with E-state index in [1.54, 1.807) is 0 Å². The number of hydrogen-bond donors (Lipinski definition) is 1. The van der Waals surface area contributed by atoms with Crippen molar-refractivity contribution < 1.29 is 14.7 Å². The summed E-state index contributed by atoms with van der Waals surface area (Å²) in [7, 11) is 0. The Morgan fingerprint density at radius 2 is 2.12 bits per heavy atom. The van der Waals surface area contributed by atoms with Gasteiger partial charge in [0.1, 0.15) is 6.54 Å². The Balaban J connectivity index is 2.67. The average molecular weight is 238 g/mol. The minimum absolute atomic E-state index is 0.0794. The number of carbonyl (C=O) groups is 2. The molecule has 0 aromatic carbocycles. The van der Waals surface area contributed by atoms with Crippen LogP contribution in [-0.4, -0.2) is 52.6 Å². The second-order valence-corrected chi connectivity index (χ2v) is 4.16. The molecule has 1 aliphatic carbocycles. The minimum Gasteiger partial charge on any atom is -0.480 e. The molecule has 5 heteroatoms. The Kier molecular flexibility index (Phi) is 4.83. The molecule has 0 aromatic rings. The number of carbonyl (C=O) groups excluding carboxylic acids is 1. The standard InChI is InChI=1S/C12H18N2O3/c1-3-7-13(8-4-2)12(17)14(9-11(15)16)10-5-6-10/h1,10H,4-9H2,2H3,(H,15,16). The van der Waals surface area contributed by atoms with Gasteiger partial charge in [-0.1, -0.05) is 12.8 Å². The van der Waals surface area contributed by atoms with Crippen LogP contribution in [0.1, 0.15) is 26.2 Å². The lowest BCUT2D eigenvalue weighted by Gasteiger charge is -2.28. The zero-order chi connectivity index (χ0) is 12.8. The van der Waals surface area contributed by atoms with Gasteiger partial charge < -0.3 is 14.9 Å². The van der Waals surface area contributed by atoms with Crippen molar-refractivity contribution in [1.82, 2.24) is 9.80 Å². The maximum atomic E-state index is 12.1. The Bertz CT molecular complexity index is 331. The van der Waals surface area contributed by atoms with Crippen molar-refractivity contribution in [3.8, 4) is 12.3 Å². The summed E-state index contributed by atoms with van der Waals surface area (Å²) in [5.41, 5.74) is 0. The van der Waals surface area contributed by atoms with Crippen LogP contribution in [0.25, 0.3) is 0 Å². The number of aliphatic carboxylic acids is 1. The maximum Gasteiger partial charge on any atom is 0.323 e. The highest BCUT2D eigenvalue weighted by atomic mass is 16.4. The molecule has 17 heavy (non-hydrogen) atoms. The first kappa shape index (κ1) is 13.4. The van der Waals surface area contributed by atoms with Crippen molar-refractivity contribution >= 4 is 12.0 Å². The zero-order valence-corrected chi connectivity index (χ0v) is 10.1. The van der Waals surface area contributed by atoms with Crippen molar-refractivity contribution in [3.63, 3.8) is 0 Å². The van der Waals surface area contributed by atoms with E-state index < -0.39 is 5.97 Å². The van der Waals surface area contributed by atoms with E-state index >= 15 is 0 Å². The lowest BCUT2D eigenvalue weighted by Crippen LogP contribution is -2.46. The predicted octanol–water partition coefficient (Wildman–Crippen LogP) is 1.00. The third-order valence-electron chi connectivity index (χ3n) is 2.59. The summed E-state index contributed by atoms with van der Waals surface area (Å²) in [6.07, 6.45) is 7.78. The summed E-state index contributed by atoms with van der Waals surface area (Å²) in [5.74, 6) is 1.45. The number of urea groups is 1. The molecule has 1 aliphatic rings. The smallest absolute Gasteiger partial charge is 0.323 e. The lowest BCUT2D eigenvalue weighted by molar-refractivity contribution is -0.137. The molecule has 1 N–H and O–H groups in total. The Labute approximate surface area is 101 Å². The van der Waals surface area contributed by atoms with Gasteiger partial charge in [0.15, 0.2) is 0 Å². The first-order chi connectivity index (χ1) is 8.10. The fourth-order valence-corrected chi connectivity index (χ4v) is 1.69. The van der Waals surface area contributed by atoms with Gasteiger partial charge in [0, 0.05) is 12.6 Å². The third kappa shape index (κ3) is 3.99. The summed E-state index contributed by atoms with van der Waals surface area (Å²) >= 11 is 0. The molecule has 1 saturated carbocycles. The van der Waals surface area contributed by atoms with Gasteiger partial charge >= 0.3 is 12.0 Å². The van der Waals surface area contributed by atoms with Crippen LogP contribution in [0, 0.1) is 12.3 Å². The quantitative estimate of drug-likeness (QED) is 0.702. The van der Waals surface area contributed by atoms with Gasteiger partial charge in [-0.05, 0) is 19.3 Å². The molecule has 0 radical (unpaired) electrons. The average Bonchev–Trinajstić information content (AvgIpc) is 3.08. The predicted molar refractivity (Wildman–Crippen MR) is 63.5 cm³/mol. The van der Waals surface area contributed by atoms with E-state index in [1.807, 2.05) is 6.92 Å². The van der Waals surface area contributed by atoms with Crippen LogP contribution in [0.4, 0.5) is 4.79 Å². The van der Waals surface area contributed by atoms with Gasteiger partial charge in [0.2, 0.25) is 0 Å². The third-order valence-corrected chi connectivity index (χ3v) is 2.59. The number of carboxylic acids is 1. The summed E-state index contributed by atoms with van der Waals surface area (Å²) in [4.78, 5) is 25.8. The molecule has 0 spiro atoms. The fraction of sp³-hybridized carbons (Fsp3) is 0.667. The first-order valence-corrected chi connectivity index (χ1v) is 5.81. The lowest BCUT2D eigenvalue weighted by atomic mass is 10.4. The summed E-state index contributed by atoms with van der Waals surface area (Å²) in [6.45, 7) is 2.51. The van der Waals surface area contributed by atoms with Crippen molar-refractivity contribution in [2.45, 2.75) is 32.2 Å². The number of amides is 2. The molecule has 94 valence electrons. The highest BCUT2D eigenvalue weighted by Crippen LogP contribution is 2.27. The van der Waals surface area contributed by atoms with E-state index in [0.717, 1.165) is 19.3 Å². The highest BCUT2D eigenvalue weighted by molar-refractivity contribution is 5.81. The molecule has 0 bridgehead atoms. The van der Waals surface area contributed by atoms with Crippen molar-refractivity contribution in [3.05, 3.63) is 0 Å². The molecule has 0 aromatic heterocycles. The van der Waals surface area contributed by atoms with Crippen molar-refractivity contribution in [2.75, 3.05) is 19.6 Å². The molecule has 0 saturated heterocycles. The largest absolute Gasteiger partial charge is 0.480 e. The van der Waals surface area contributed by atoms with Gasteiger partial charge in [-0.2, -0.15) is 0 Å². The highest BCUT2D eigenvalue weighted by Gasteiger charge is 2.35. The van der Waals surface area contributed by atoms with Crippen LogP contribution in [0.15, 0.2) is 0 Å². The molecule has 0 aliphatic heterocycles. The summed E-state index contributed by atoms with van der Waals surface area (Å²) in [6, 6.07) is -0.176. The minimum atomic E-state index is -0.984. The van der Waals surface area contributed by atoms with Gasteiger partial charge in [0.25, 0.3) is 0 Å². The molecule has 1 rings (SSSR count). The van der Waals surface area contributed by atoms with Gasteiger partial charge in [-0.3, -0.25) is 4.79 Å².